The maximum atomic E-state index is 3.44. The molecule has 84 valence electrons. The first-order valence-electron chi connectivity index (χ1n) is 6.82. The molecule has 15 heavy (non-hydrogen) atoms. The van der Waals surface area contributed by atoms with Crippen LogP contribution in [0.1, 0.15) is 51.4 Å². The summed E-state index contributed by atoms with van der Waals surface area (Å²) in [6.45, 7) is 2.35. The average molecular weight is 205 g/mol. The molecule has 2 saturated carbocycles. The Bertz CT molecular complexity index is 257. The molecule has 0 amide bonds. The minimum absolute atomic E-state index is 0.711. The summed E-state index contributed by atoms with van der Waals surface area (Å²) in [5, 5.41) is 3.44. The van der Waals surface area contributed by atoms with Crippen molar-refractivity contribution in [1.82, 2.24) is 5.32 Å². The molecule has 0 radical (unpaired) electrons. The van der Waals surface area contributed by atoms with E-state index in [0.717, 1.165) is 12.5 Å². The number of nitrogens with one attached hydrogen (secondary N) is 1. The normalized spacial score (nSPS) is 31.1. The molecule has 3 rings (SSSR count). The van der Waals surface area contributed by atoms with Crippen molar-refractivity contribution in [2.24, 2.45) is 11.3 Å². The molecule has 3 aliphatic rings. The summed E-state index contributed by atoms with van der Waals surface area (Å²) in [7, 11) is 0. The highest BCUT2D eigenvalue weighted by Crippen LogP contribution is 2.61. The first kappa shape index (κ1) is 9.89. The van der Waals surface area contributed by atoms with Crippen LogP contribution in [0.3, 0.4) is 0 Å². The number of hydrogen-bond donors (Lipinski definition) is 1. The summed E-state index contributed by atoms with van der Waals surface area (Å²) < 4.78 is 0. The van der Waals surface area contributed by atoms with Gasteiger partial charge in [0.1, 0.15) is 0 Å². The molecule has 0 bridgehead atoms. The Morgan fingerprint density at radius 2 is 1.93 bits per heavy atom. The van der Waals surface area contributed by atoms with E-state index in [1.165, 1.54) is 57.9 Å². The maximum absolute atomic E-state index is 3.44. The molecular weight excluding hydrogens is 182 g/mol. The Labute approximate surface area is 93.3 Å². The molecule has 2 fully saturated rings. The van der Waals surface area contributed by atoms with E-state index in [1.54, 1.807) is 0 Å². The Morgan fingerprint density at radius 1 is 1.13 bits per heavy atom. The predicted molar refractivity (Wildman–Crippen MR) is 63.8 cm³/mol. The summed E-state index contributed by atoms with van der Waals surface area (Å²) in [5.41, 5.74) is 2.54. The van der Waals surface area contributed by atoms with Crippen molar-refractivity contribution in [2.75, 3.05) is 13.1 Å². The molecule has 1 nitrogen and oxygen atoms in total. The minimum atomic E-state index is 0.711. The van der Waals surface area contributed by atoms with Crippen molar-refractivity contribution >= 4 is 0 Å². The predicted octanol–water partition coefficient (Wildman–Crippen LogP) is 3.27. The van der Waals surface area contributed by atoms with E-state index in [1.807, 2.05) is 5.57 Å². The summed E-state index contributed by atoms with van der Waals surface area (Å²) in [6, 6.07) is 0. The van der Waals surface area contributed by atoms with Gasteiger partial charge in [0.2, 0.25) is 0 Å². The van der Waals surface area contributed by atoms with Gasteiger partial charge in [-0.05, 0) is 50.0 Å². The van der Waals surface area contributed by atoms with Gasteiger partial charge in [-0.1, -0.05) is 30.9 Å². The minimum Gasteiger partial charge on any atom is -0.313 e. The van der Waals surface area contributed by atoms with Crippen LogP contribution in [0.2, 0.25) is 0 Å². The van der Waals surface area contributed by atoms with Crippen LogP contribution in [0, 0.1) is 11.3 Å². The van der Waals surface area contributed by atoms with Crippen LogP contribution in [-0.2, 0) is 0 Å². The van der Waals surface area contributed by atoms with Gasteiger partial charge >= 0.3 is 0 Å². The first-order chi connectivity index (χ1) is 7.42. The van der Waals surface area contributed by atoms with Gasteiger partial charge in [-0.3, -0.25) is 0 Å². The highest BCUT2D eigenvalue weighted by molar-refractivity contribution is 5.26. The second kappa shape index (κ2) is 3.93. The zero-order valence-corrected chi connectivity index (χ0v) is 9.73. The third kappa shape index (κ3) is 1.75. The quantitative estimate of drug-likeness (QED) is 0.682. The lowest BCUT2D eigenvalue weighted by molar-refractivity contribution is 0.253. The highest BCUT2D eigenvalue weighted by atomic mass is 14.9. The van der Waals surface area contributed by atoms with Crippen LogP contribution >= 0.6 is 0 Å². The topological polar surface area (TPSA) is 12.0 Å². The van der Waals surface area contributed by atoms with Crippen LogP contribution < -0.4 is 5.32 Å². The average Bonchev–Trinajstić information content (AvgIpc) is 3.13. The Morgan fingerprint density at radius 3 is 2.53 bits per heavy atom. The van der Waals surface area contributed by atoms with Crippen LogP contribution in [0.15, 0.2) is 11.6 Å². The molecule has 0 aromatic carbocycles. The molecule has 1 heterocycles. The van der Waals surface area contributed by atoms with Crippen LogP contribution in [-0.4, -0.2) is 13.1 Å². The highest BCUT2D eigenvalue weighted by Gasteiger charge is 2.51. The van der Waals surface area contributed by atoms with E-state index in [9.17, 15) is 0 Å². The molecule has 0 aromatic heterocycles. The van der Waals surface area contributed by atoms with Gasteiger partial charge in [0.15, 0.2) is 0 Å². The van der Waals surface area contributed by atoms with E-state index in [0.29, 0.717) is 5.41 Å². The first-order valence-corrected chi connectivity index (χ1v) is 6.82. The molecule has 0 atom stereocenters. The third-order valence-corrected chi connectivity index (χ3v) is 4.88. The van der Waals surface area contributed by atoms with Crippen molar-refractivity contribution in [3.8, 4) is 0 Å². The zero-order chi connectivity index (χ0) is 10.1. The molecule has 0 unspecified atom stereocenters. The fourth-order valence-electron chi connectivity index (χ4n) is 3.86. The standard InChI is InChI=1S/C14H23N/c1-2-4-12(5-3-1)14(8-9-14)13-6-10-15-11-7-13/h6,12,15H,1-5,7-11H2. The third-order valence-electron chi connectivity index (χ3n) is 4.88. The van der Waals surface area contributed by atoms with E-state index >= 15 is 0 Å². The van der Waals surface area contributed by atoms with Gasteiger partial charge in [-0.2, -0.15) is 0 Å². The fraction of sp³-hybridized carbons (Fsp3) is 0.857. The monoisotopic (exact) mass is 205 g/mol. The smallest absolute Gasteiger partial charge is 0.0137 e. The van der Waals surface area contributed by atoms with Gasteiger partial charge in [0.05, 0.1) is 0 Å². The second-order valence-electron chi connectivity index (χ2n) is 5.67. The Balaban J connectivity index is 1.74. The zero-order valence-electron chi connectivity index (χ0n) is 9.73. The summed E-state index contributed by atoms with van der Waals surface area (Å²) >= 11 is 0. The van der Waals surface area contributed by atoms with E-state index in [2.05, 4.69) is 11.4 Å². The van der Waals surface area contributed by atoms with Crippen molar-refractivity contribution in [2.45, 2.75) is 51.4 Å². The van der Waals surface area contributed by atoms with E-state index in [4.69, 9.17) is 0 Å². The molecule has 1 N–H and O–H groups in total. The largest absolute Gasteiger partial charge is 0.313 e. The van der Waals surface area contributed by atoms with Crippen LogP contribution in [0.25, 0.3) is 0 Å². The van der Waals surface area contributed by atoms with Crippen LogP contribution in [0.5, 0.6) is 0 Å². The molecular formula is C14H23N. The molecule has 2 aliphatic carbocycles. The number of hydrogen-bond acceptors (Lipinski definition) is 1. The molecule has 1 heteroatoms. The van der Waals surface area contributed by atoms with Crippen LogP contribution in [0.4, 0.5) is 0 Å². The molecule has 0 spiro atoms. The molecule has 1 aliphatic heterocycles. The fourth-order valence-corrected chi connectivity index (χ4v) is 3.86. The summed E-state index contributed by atoms with van der Waals surface area (Å²) in [4.78, 5) is 0. The lowest BCUT2D eigenvalue weighted by Gasteiger charge is -2.34. The summed E-state index contributed by atoms with van der Waals surface area (Å²) in [6.07, 6.45) is 14.4. The van der Waals surface area contributed by atoms with Crippen molar-refractivity contribution in [3.05, 3.63) is 11.6 Å². The van der Waals surface area contributed by atoms with E-state index in [-0.39, 0.29) is 0 Å². The SMILES string of the molecule is C1=C(C2(C3CCCCC3)CC2)CCNC1. The van der Waals surface area contributed by atoms with Gasteiger partial charge in [-0.15, -0.1) is 0 Å². The second-order valence-corrected chi connectivity index (χ2v) is 5.67. The van der Waals surface area contributed by atoms with Gasteiger partial charge in [0.25, 0.3) is 0 Å². The maximum Gasteiger partial charge on any atom is 0.0137 e. The van der Waals surface area contributed by atoms with Gasteiger partial charge in [-0.25, -0.2) is 0 Å². The van der Waals surface area contributed by atoms with Crippen molar-refractivity contribution in [1.29, 1.82) is 0 Å². The Kier molecular flexibility index (Phi) is 2.59. The van der Waals surface area contributed by atoms with Crippen molar-refractivity contribution in [3.63, 3.8) is 0 Å². The van der Waals surface area contributed by atoms with E-state index < -0.39 is 0 Å². The molecule has 0 saturated heterocycles. The summed E-state index contributed by atoms with van der Waals surface area (Å²) in [5.74, 6) is 1.05. The van der Waals surface area contributed by atoms with Gasteiger partial charge < -0.3 is 5.32 Å². The Hall–Kier alpha value is -0.300. The van der Waals surface area contributed by atoms with Crippen molar-refractivity contribution < 1.29 is 0 Å². The lowest BCUT2D eigenvalue weighted by Crippen LogP contribution is -2.28. The van der Waals surface area contributed by atoms with Gasteiger partial charge in [0, 0.05) is 6.54 Å². The number of rotatable bonds is 2. The lowest BCUT2D eigenvalue weighted by atomic mass is 9.72. The molecule has 0 aromatic rings.